The lowest BCUT2D eigenvalue weighted by molar-refractivity contribution is -0.384. The van der Waals surface area contributed by atoms with Gasteiger partial charge in [0.25, 0.3) is 15.7 Å². The first-order valence-electron chi connectivity index (χ1n) is 8.60. The van der Waals surface area contributed by atoms with E-state index in [2.05, 4.69) is 0 Å². The van der Waals surface area contributed by atoms with E-state index in [1.807, 2.05) is 6.92 Å². The highest BCUT2D eigenvalue weighted by molar-refractivity contribution is 7.90. The van der Waals surface area contributed by atoms with Crippen molar-refractivity contribution in [3.8, 4) is 0 Å². The first-order valence-corrected chi connectivity index (χ1v) is 11.6. The van der Waals surface area contributed by atoms with Gasteiger partial charge in [0.1, 0.15) is 5.25 Å². The van der Waals surface area contributed by atoms with Crippen LogP contribution < -0.4 is 5.14 Å². The van der Waals surface area contributed by atoms with E-state index < -0.39 is 30.2 Å². The number of nitro groups is 1. The van der Waals surface area contributed by atoms with E-state index in [0.29, 0.717) is 0 Å². The molecule has 1 unspecified atom stereocenters. The Hall–Kier alpha value is -2.76. The zero-order chi connectivity index (χ0) is 21.6. The van der Waals surface area contributed by atoms with Crippen molar-refractivity contribution in [2.45, 2.75) is 30.4 Å². The number of sulfonamides is 1. The van der Waals surface area contributed by atoms with Crippen LogP contribution in [0.5, 0.6) is 0 Å². The Bertz CT molecular complexity index is 1310. The lowest BCUT2D eigenvalue weighted by Crippen LogP contribution is -2.21. The van der Waals surface area contributed by atoms with Crippen LogP contribution in [0.1, 0.15) is 29.7 Å². The SMILES string of the molecule is CCC(c1cn(S(=O)(=O)c2ccc(C)cc2)c2ccc([N+](=O)[O-])cc12)S(N)(=O)=O. The summed E-state index contributed by atoms with van der Waals surface area (Å²) in [5.74, 6) is 0. The molecule has 9 nitrogen and oxygen atoms in total. The van der Waals surface area contributed by atoms with Gasteiger partial charge >= 0.3 is 0 Å². The Morgan fingerprint density at radius 2 is 1.72 bits per heavy atom. The molecule has 2 N–H and O–H groups in total. The third-order valence-corrected chi connectivity index (χ3v) is 7.76. The van der Waals surface area contributed by atoms with E-state index in [4.69, 9.17) is 5.14 Å². The molecule has 0 spiro atoms. The van der Waals surface area contributed by atoms with Gasteiger partial charge in [-0.05, 0) is 37.1 Å². The van der Waals surface area contributed by atoms with Crippen molar-refractivity contribution in [1.29, 1.82) is 0 Å². The highest BCUT2D eigenvalue weighted by Gasteiger charge is 2.30. The number of nitrogens with two attached hydrogens (primary N) is 1. The summed E-state index contributed by atoms with van der Waals surface area (Å²) in [5.41, 5.74) is 0.823. The molecule has 29 heavy (non-hydrogen) atoms. The molecule has 154 valence electrons. The minimum atomic E-state index is -4.07. The van der Waals surface area contributed by atoms with Gasteiger partial charge in [-0.25, -0.2) is 25.9 Å². The number of hydrogen-bond donors (Lipinski definition) is 1. The van der Waals surface area contributed by atoms with E-state index in [1.54, 1.807) is 19.1 Å². The second-order valence-corrected chi connectivity index (χ2v) is 10.2. The van der Waals surface area contributed by atoms with E-state index in [0.717, 1.165) is 9.54 Å². The van der Waals surface area contributed by atoms with Gasteiger partial charge in [0.2, 0.25) is 10.0 Å². The molecule has 0 saturated heterocycles. The fourth-order valence-corrected chi connectivity index (χ4v) is 5.62. The highest BCUT2D eigenvalue weighted by Crippen LogP contribution is 2.36. The number of nitro benzene ring substituents is 1. The fourth-order valence-electron chi connectivity index (χ4n) is 3.23. The molecule has 3 rings (SSSR count). The summed E-state index contributed by atoms with van der Waals surface area (Å²) in [5, 5.41) is 15.5. The maximum absolute atomic E-state index is 13.2. The second kappa shape index (κ2) is 7.25. The lowest BCUT2D eigenvalue weighted by atomic mass is 10.1. The molecule has 11 heteroatoms. The van der Waals surface area contributed by atoms with Gasteiger partial charge < -0.3 is 0 Å². The van der Waals surface area contributed by atoms with Gasteiger partial charge in [-0.3, -0.25) is 10.1 Å². The molecule has 0 radical (unpaired) electrons. The van der Waals surface area contributed by atoms with E-state index in [1.165, 1.54) is 36.5 Å². The Balaban J connectivity index is 2.37. The molecule has 3 aromatic rings. The number of hydrogen-bond acceptors (Lipinski definition) is 6. The second-order valence-electron chi connectivity index (χ2n) is 6.64. The fraction of sp³-hybridized carbons (Fsp3) is 0.222. The normalized spacial score (nSPS) is 13.5. The van der Waals surface area contributed by atoms with Gasteiger partial charge in [-0.15, -0.1) is 0 Å². The van der Waals surface area contributed by atoms with Crippen molar-refractivity contribution < 1.29 is 21.8 Å². The summed E-state index contributed by atoms with van der Waals surface area (Å²) in [6.45, 7) is 3.40. The average molecular weight is 437 g/mol. The molecule has 0 fully saturated rings. The van der Waals surface area contributed by atoms with Crippen molar-refractivity contribution >= 4 is 36.6 Å². The van der Waals surface area contributed by atoms with Gasteiger partial charge in [-0.2, -0.15) is 0 Å². The molecule has 0 aliphatic rings. The Morgan fingerprint density at radius 3 is 2.24 bits per heavy atom. The molecule has 0 saturated carbocycles. The molecule has 0 bridgehead atoms. The van der Waals surface area contributed by atoms with Crippen LogP contribution in [0, 0.1) is 17.0 Å². The number of aryl methyl sites for hydroxylation is 1. The van der Waals surface area contributed by atoms with E-state index >= 15 is 0 Å². The summed E-state index contributed by atoms with van der Waals surface area (Å²) < 4.78 is 51.5. The first-order chi connectivity index (χ1) is 13.5. The minimum absolute atomic E-state index is 0.00792. The number of fused-ring (bicyclic) bond motifs is 1. The van der Waals surface area contributed by atoms with Crippen LogP contribution in [0.2, 0.25) is 0 Å². The summed E-state index contributed by atoms with van der Waals surface area (Å²) >= 11 is 0. The van der Waals surface area contributed by atoms with Crippen LogP contribution in [-0.2, 0) is 20.0 Å². The molecule has 2 aromatic carbocycles. The third-order valence-electron chi connectivity index (χ3n) is 4.69. The summed E-state index contributed by atoms with van der Waals surface area (Å²) in [7, 11) is -8.14. The van der Waals surface area contributed by atoms with E-state index in [-0.39, 0.29) is 33.5 Å². The lowest BCUT2D eigenvalue weighted by Gasteiger charge is -2.11. The zero-order valence-electron chi connectivity index (χ0n) is 15.6. The number of non-ortho nitro benzene ring substituents is 1. The van der Waals surface area contributed by atoms with Gasteiger partial charge in [0, 0.05) is 23.7 Å². The van der Waals surface area contributed by atoms with Crippen molar-refractivity contribution in [2.75, 3.05) is 0 Å². The quantitative estimate of drug-likeness (QED) is 0.464. The summed E-state index contributed by atoms with van der Waals surface area (Å²) in [6, 6.07) is 9.80. The van der Waals surface area contributed by atoms with Crippen LogP contribution in [0.4, 0.5) is 5.69 Å². The highest BCUT2D eigenvalue weighted by atomic mass is 32.2. The van der Waals surface area contributed by atoms with Crippen LogP contribution in [0.3, 0.4) is 0 Å². The minimum Gasteiger partial charge on any atom is -0.258 e. The van der Waals surface area contributed by atoms with Gasteiger partial charge in [0.05, 0.1) is 15.3 Å². The van der Waals surface area contributed by atoms with Crippen molar-refractivity contribution in [3.05, 3.63) is 69.9 Å². The largest absolute Gasteiger partial charge is 0.270 e. The van der Waals surface area contributed by atoms with Crippen LogP contribution in [0.15, 0.2) is 53.6 Å². The number of benzene rings is 2. The molecule has 1 aromatic heterocycles. The molecular weight excluding hydrogens is 418 g/mol. The topological polar surface area (TPSA) is 142 Å². The molecular formula is C18H19N3O6S2. The number of rotatable bonds is 6. The van der Waals surface area contributed by atoms with Crippen molar-refractivity contribution in [3.63, 3.8) is 0 Å². The van der Waals surface area contributed by atoms with Crippen LogP contribution in [0.25, 0.3) is 10.9 Å². The molecule has 1 atom stereocenters. The first kappa shape index (κ1) is 21.0. The average Bonchev–Trinajstić information content (AvgIpc) is 3.01. The number of primary sulfonamides is 1. The maximum Gasteiger partial charge on any atom is 0.270 e. The Morgan fingerprint density at radius 1 is 1.10 bits per heavy atom. The Labute approximate surface area is 168 Å². The van der Waals surface area contributed by atoms with E-state index in [9.17, 15) is 26.9 Å². The maximum atomic E-state index is 13.2. The third kappa shape index (κ3) is 3.76. The summed E-state index contributed by atoms with van der Waals surface area (Å²) in [4.78, 5) is 10.6. The monoisotopic (exact) mass is 437 g/mol. The predicted molar refractivity (Wildman–Crippen MR) is 108 cm³/mol. The van der Waals surface area contributed by atoms with Crippen molar-refractivity contribution in [1.82, 2.24) is 3.97 Å². The molecule has 0 amide bonds. The molecule has 0 aliphatic heterocycles. The standard InChI is InChI=1S/C18H19N3O6S2/c1-3-18(28(19,24)25)16-11-20(17-9-6-13(21(22)23)10-15(16)17)29(26,27)14-7-4-12(2)5-8-14/h4-11,18H,3H2,1-2H3,(H2,19,24,25). The Kier molecular flexibility index (Phi) is 5.24. The molecule has 1 heterocycles. The van der Waals surface area contributed by atoms with Crippen LogP contribution in [-0.4, -0.2) is 25.7 Å². The predicted octanol–water partition coefficient (Wildman–Crippen LogP) is 2.83. The van der Waals surface area contributed by atoms with Crippen LogP contribution >= 0.6 is 0 Å². The van der Waals surface area contributed by atoms with Gasteiger partial charge in [-0.1, -0.05) is 24.6 Å². The van der Waals surface area contributed by atoms with Crippen molar-refractivity contribution in [2.24, 2.45) is 5.14 Å². The molecule has 0 aliphatic carbocycles. The van der Waals surface area contributed by atoms with Gasteiger partial charge in [0.15, 0.2) is 0 Å². The smallest absolute Gasteiger partial charge is 0.258 e. The number of aromatic nitrogens is 1. The number of nitrogens with zero attached hydrogens (tertiary/aromatic N) is 2. The zero-order valence-corrected chi connectivity index (χ0v) is 17.3. The summed E-state index contributed by atoms with van der Waals surface area (Å²) in [6.07, 6.45) is 1.26.